The maximum Gasteiger partial charge on any atom is 0.373 e. The van der Waals surface area contributed by atoms with Crippen molar-refractivity contribution in [2.75, 3.05) is 0 Å². The number of carbonyl (C=O) groups excluding carboxylic acids is 2. The van der Waals surface area contributed by atoms with Crippen LogP contribution in [0.4, 0.5) is 0 Å². The van der Waals surface area contributed by atoms with E-state index in [1.165, 1.54) is 0 Å². The number of ketones is 1. The molecule has 0 fully saturated rings. The van der Waals surface area contributed by atoms with Gasteiger partial charge in [-0.15, -0.1) is 0 Å². The number of hydrogen-bond acceptors (Lipinski definition) is 4. The molecule has 0 spiro atoms. The van der Waals surface area contributed by atoms with Gasteiger partial charge in [0.1, 0.15) is 5.60 Å². The van der Waals surface area contributed by atoms with Gasteiger partial charge < -0.3 is 0 Å². The van der Waals surface area contributed by atoms with Crippen molar-refractivity contribution in [2.24, 2.45) is 0 Å². The van der Waals surface area contributed by atoms with Crippen LogP contribution in [0, 0.1) is 0 Å². The predicted octanol–water partition coefficient (Wildman–Crippen LogP) is 3.80. The fraction of sp³-hybridized carbons (Fsp3) is 0.222. The molecule has 0 saturated heterocycles. The molecule has 0 bridgehead atoms. The largest absolute Gasteiger partial charge is 0.373 e. The number of rotatable bonds is 4. The molecule has 2 aromatic rings. The van der Waals surface area contributed by atoms with Crippen molar-refractivity contribution in [2.45, 2.75) is 26.4 Å². The second kappa shape index (κ2) is 6.54. The number of carbonyl (C=O) groups is 2. The first-order valence-electron chi connectivity index (χ1n) is 6.97. The van der Waals surface area contributed by atoms with Crippen LogP contribution in [0.5, 0.6) is 0 Å². The van der Waals surface area contributed by atoms with Gasteiger partial charge in [0.05, 0.1) is 5.56 Å². The summed E-state index contributed by atoms with van der Waals surface area (Å²) >= 11 is 0. The van der Waals surface area contributed by atoms with Gasteiger partial charge in [0.25, 0.3) is 0 Å². The summed E-state index contributed by atoms with van der Waals surface area (Å²) in [5, 5.41) is 0. The molecule has 0 aromatic heterocycles. The Hall–Kier alpha value is -2.46. The van der Waals surface area contributed by atoms with Crippen molar-refractivity contribution in [1.82, 2.24) is 0 Å². The Balaban J connectivity index is 2.07. The van der Waals surface area contributed by atoms with Crippen LogP contribution in [0.3, 0.4) is 0 Å². The average molecular weight is 298 g/mol. The number of benzene rings is 2. The van der Waals surface area contributed by atoms with E-state index in [0.29, 0.717) is 16.7 Å². The first-order valence-corrected chi connectivity index (χ1v) is 6.97. The van der Waals surface area contributed by atoms with E-state index in [1.807, 2.05) is 18.2 Å². The monoisotopic (exact) mass is 298 g/mol. The van der Waals surface area contributed by atoms with Crippen LogP contribution in [0.2, 0.25) is 0 Å². The highest BCUT2D eigenvalue weighted by Crippen LogP contribution is 2.13. The van der Waals surface area contributed by atoms with Crippen LogP contribution >= 0.6 is 0 Å². The predicted molar refractivity (Wildman–Crippen MR) is 82.6 cm³/mol. The molecule has 0 aliphatic heterocycles. The van der Waals surface area contributed by atoms with Crippen LogP contribution < -0.4 is 0 Å². The summed E-state index contributed by atoms with van der Waals surface area (Å²) in [5.74, 6) is -0.680. The molecule has 0 unspecified atom stereocenters. The lowest BCUT2D eigenvalue weighted by atomic mass is 10.0. The van der Waals surface area contributed by atoms with Crippen molar-refractivity contribution >= 4 is 11.8 Å². The first kappa shape index (κ1) is 15.9. The zero-order valence-electron chi connectivity index (χ0n) is 12.8. The molecule has 0 aliphatic rings. The van der Waals surface area contributed by atoms with E-state index >= 15 is 0 Å². The average Bonchev–Trinajstić information content (AvgIpc) is 2.52. The van der Waals surface area contributed by atoms with Gasteiger partial charge >= 0.3 is 5.97 Å². The Morgan fingerprint density at radius 2 is 1.27 bits per heavy atom. The van der Waals surface area contributed by atoms with Crippen LogP contribution in [0.1, 0.15) is 47.1 Å². The van der Waals surface area contributed by atoms with Crippen molar-refractivity contribution in [3.05, 3.63) is 71.3 Å². The van der Waals surface area contributed by atoms with Crippen molar-refractivity contribution in [1.29, 1.82) is 0 Å². The zero-order valence-corrected chi connectivity index (χ0v) is 12.8. The standard InChI is InChI=1S/C18H18O4/c1-18(2,3)22-21-17(20)15-11-9-14(10-12-15)16(19)13-7-5-4-6-8-13/h4-12H,1-3H3. The topological polar surface area (TPSA) is 52.6 Å². The van der Waals surface area contributed by atoms with Crippen LogP contribution in [-0.2, 0) is 9.78 Å². The third-order valence-corrected chi connectivity index (χ3v) is 2.79. The minimum absolute atomic E-state index is 0.0912. The summed E-state index contributed by atoms with van der Waals surface area (Å²) in [7, 11) is 0. The van der Waals surface area contributed by atoms with Crippen molar-refractivity contribution < 1.29 is 19.4 Å². The van der Waals surface area contributed by atoms with E-state index in [4.69, 9.17) is 9.78 Å². The van der Waals surface area contributed by atoms with E-state index in [9.17, 15) is 9.59 Å². The van der Waals surface area contributed by atoms with Gasteiger partial charge in [0, 0.05) is 11.1 Å². The van der Waals surface area contributed by atoms with E-state index in [2.05, 4.69) is 0 Å². The Bertz CT molecular complexity index is 652. The summed E-state index contributed by atoms with van der Waals surface area (Å²) in [6, 6.07) is 15.3. The van der Waals surface area contributed by atoms with E-state index in [1.54, 1.807) is 57.2 Å². The molecule has 2 rings (SSSR count). The quantitative estimate of drug-likeness (QED) is 0.489. The van der Waals surface area contributed by atoms with Crippen LogP contribution in [0.15, 0.2) is 54.6 Å². The second-order valence-electron chi connectivity index (χ2n) is 5.84. The third-order valence-electron chi connectivity index (χ3n) is 2.79. The van der Waals surface area contributed by atoms with E-state index < -0.39 is 11.6 Å². The Morgan fingerprint density at radius 3 is 1.82 bits per heavy atom. The minimum atomic E-state index is -0.589. The maximum atomic E-state index is 12.2. The smallest absolute Gasteiger partial charge is 0.292 e. The molecule has 0 atom stereocenters. The molecule has 2 aromatic carbocycles. The molecule has 22 heavy (non-hydrogen) atoms. The second-order valence-corrected chi connectivity index (χ2v) is 5.84. The lowest BCUT2D eigenvalue weighted by Gasteiger charge is -2.16. The molecule has 0 heterocycles. The van der Waals surface area contributed by atoms with Gasteiger partial charge in [-0.2, -0.15) is 4.89 Å². The molecule has 114 valence electrons. The minimum Gasteiger partial charge on any atom is -0.292 e. The van der Waals surface area contributed by atoms with Crippen LogP contribution in [0.25, 0.3) is 0 Å². The highest BCUT2D eigenvalue weighted by Gasteiger charge is 2.17. The summed E-state index contributed by atoms with van der Waals surface area (Å²) in [6.45, 7) is 5.34. The normalized spacial score (nSPS) is 11.0. The van der Waals surface area contributed by atoms with Gasteiger partial charge in [0.2, 0.25) is 0 Å². The summed E-state index contributed by atoms with van der Waals surface area (Å²) in [6.07, 6.45) is 0. The van der Waals surface area contributed by atoms with Gasteiger partial charge in [-0.3, -0.25) is 9.68 Å². The fourth-order valence-electron chi connectivity index (χ4n) is 1.72. The van der Waals surface area contributed by atoms with E-state index in [0.717, 1.165) is 0 Å². The summed E-state index contributed by atoms with van der Waals surface area (Å²) in [4.78, 5) is 33.8. The van der Waals surface area contributed by atoms with Crippen molar-refractivity contribution in [3.63, 3.8) is 0 Å². The zero-order chi connectivity index (χ0) is 16.2. The lowest BCUT2D eigenvalue weighted by molar-refractivity contribution is -0.301. The molecule has 0 radical (unpaired) electrons. The van der Waals surface area contributed by atoms with E-state index in [-0.39, 0.29) is 5.78 Å². The Morgan fingerprint density at radius 1 is 0.773 bits per heavy atom. The molecule has 0 N–H and O–H groups in total. The molecule has 4 heteroatoms. The maximum absolute atomic E-state index is 12.2. The number of hydrogen-bond donors (Lipinski definition) is 0. The SMILES string of the molecule is CC(C)(C)OOC(=O)c1ccc(C(=O)c2ccccc2)cc1. The third kappa shape index (κ3) is 4.27. The first-order chi connectivity index (χ1) is 10.4. The summed E-state index contributed by atoms with van der Waals surface area (Å²) < 4.78 is 0. The lowest BCUT2D eigenvalue weighted by Crippen LogP contribution is -2.21. The van der Waals surface area contributed by atoms with Crippen LogP contribution in [-0.4, -0.2) is 17.4 Å². The Labute approximate surface area is 129 Å². The molecular weight excluding hydrogens is 280 g/mol. The molecule has 4 nitrogen and oxygen atoms in total. The Kier molecular flexibility index (Phi) is 4.73. The van der Waals surface area contributed by atoms with Gasteiger partial charge in [-0.05, 0) is 32.9 Å². The molecule has 0 amide bonds. The van der Waals surface area contributed by atoms with Gasteiger partial charge in [-0.1, -0.05) is 42.5 Å². The highest BCUT2D eigenvalue weighted by molar-refractivity contribution is 6.09. The fourth-order valence-corrected chi connectivity index (χ4v) is 1.72. The molecule has 0 aliphatic carbocycles. The summed E-state index contributed by atoms with van der Waals surface area (Å²) in [5.41, 5.74) is 0.876. The molecular formula is C18H18O4. The van der Waals surface area contributed by atoms with Crippen molar-refractivity contribution in [3.8, 4) is 0 Å². The highest BCUT2D eigenvalue weighted by atomic mass is 17.2. The molecule has 0 saturated carbocycles. The van der Waals surface area contributed by atoms with Gasteiger partial charge in [0.15, 0.2) is 5.78 Å². The van der Waals surface area contributed by atoms with Gasteiger partial charge in [-0.25, -0.2) is 4.79 Å².